The Morgan fingerprint density at radius 2 is 2.09 bits per heavy atom. The minimum atomic E-state index is -0.432. The molecule has 1 N–H and O–H groups in total. The second-order valence-electron chi connectivity index (χ2n) is 4.76. The van der Waals surface area contributed by atoms with Crippen LogP contribution >= 0.6 is 15.9 Å². The molecule has 2 rings (SSSR count). The average Bonchev–Trinajstić information content (AvgIpc) is 2.49. The molecule has 0 atom stereocenters. The summed E-state index contributed by atoms with van der Waals surface area (Å²) < 4.78 is 7.26. The van der Waals surface area contributed by atoms with Crippen molar-refractivity contribution in [2.45, 2.75) is 13.5 Å². The molecule has 1 heterocycles. The summed E-state index contributed by atoms with van der Waals surface area (Å²) in [6.45, 7) is 2.03. The molecular formula is C16H16BrN2O3+. The number of benzene rings is 1. The van der Waals surface area contributed by atoms with Crippen molar-refractivity contribution in [2.75, 3.05) is 12.4 Å². The van der Waals surface area contributed by atoms with Gasteiger partial charge in [-0.25, -0.2) is 4.79 Å². The molecule has 0 spiro atoms. The van der Waals surface area contributed by atoms with Gasteiger partial charge < -0.3 is 10.1 Å². The Morgan fingerprint density at radius 3 is 2.77 bits per heavy atom. The molecular weight excluding hydrogens is 348 g/mol. The molecule has 0 aliphatic heterocycles. The number of anilines is 1. The lowest BCUT2D eigenvalue weighted by Crippen LogP contribution is -2.40. The number of amides is 1. The zero-order valence-corrected chi connectivity index (χ0v) is 13.9. The highest BCUT2D eigenvalue weighted by atomic mass is 79.9. The fourth-order valence-electron chi connectivity index (χ4n) is 1.98. The van der Waals surface area contributed by atoms with E-state index in [0.717, 1.165) is 15.7 Å². The molecule has 0 bridgehead atoms. The van der Waals surface area contributed by atoms with Gasteiger partial charge in [0.2, 0.25) is 6.54 Å². The second-order valence-corrected chi connectivity index (χ2v) is 5.68. The molecule has 1 aromatic heterocycles. The first kappa shape index (κ1) is 16.2. The quantitative estimate of drug-likeness (QED) is 0.670. The van der Waals surface area contributed by atoms with Gasteiger partial charge in [0.25, 0.3) is 5.91 Å². The monoisotopic (exact) mass is 363 g/mol. The number of methoxy groups -OCH3 is 1. The largest absolute Gasteiger partial charge is 0.465 e. The third-order valence-corrected chi connectivity index (χ3v) is 3.56. The smallest absolute Gasteiger partial charge is 0.343 e. The minimum absolute atomic E-state index is 0.111. The Labute approximate surface area is 137 Å². The summed E-state index contributed by atoms with van der Waals surface area (Å²) in [7, 11) is 1.32. The molecule has 1 amide bonds. The van der Waals surface area contributed by atoms with Gasteiger partial charge in [-0.15, -0.1) is 0 Å². The van der Waals surface area contributed by atoms with Crippen molar-refractivity contribution in [3.8, 4) is 0 Å². The summed E-state index contributed by atoms with van der Waals surface area (Å²) in [4.78, 5) is 23.6. The summed E-state index contributed by atoms with van der Waals surface area (Å²) in [6.07, 6.45) is 3.31. The molecule has 5 nitrogen and oxygen atoms in total. The highest BCUT2D eigenvalue weighted by Gasteiger charge is 2.14. The van der Waals surface area contributed by atoms with Crippen LogP contribution in [0.25, 0.3) is 0 Å². The fourth-order valence-corrected chi connectivity index (χ4v) is 2.46. The van der Waals surface area contributed by atoms with Crippen LogP contribution in [0.3, 0.4) is 0 Å². The van der Waals surface area contributed by atoms with E-state index >= 15 is 0 Å². The number of nitrogens with zero attached hydrogens (tertiary/aromatic N) is 1. The van der Waals surface area contributed by atoms with Crippen LogP contribution < -0.4 is 9.88 Å². The van der Waals surface area contributed by atoms with Gasteiger partial charge in [0.15, 0.2) is 12.4 Å². The number of pyridine rings is 1. The number of carbonyl (C=O) groups is 2. The van der Waals surface area contributed by atoms with Crippen molar-refractivity contribution in [3.63, 3.8) is 0 Å². The van der Waals surface area contributed by atoms with Crippen LogP contribution in [0.1, 0.15) is 15.9 Å². The van der Waals surface area contributed by atoms with E-state index in [-0.39, 0.29) is 12.5 Å². The molecule has 0 saturated carbocycles. The molecule has 0 radical (unpaired) electrons. The number of hydrogen-bond donors (Lipinski definition) is 1. The first-order valence-corrected chi connectivity index (χ1v) is 7.42. The predicted molar refractivity (Wildman–Crippen MR) is 85.5 cm³/mol. The number of esters is 1. The lowest BCUT2D eigenvalue weighted by Gasteiger charge is -2.07. The lowest BCUT2D eigenvalue weighted by molar-refractivity contribution is -0.684. The van der Waals surface area contributed by atoms with E-state index in [2.05, 4.69) is 26.0 Å². The Bertz CT molecular complexity index is 716. The van der Waals surface area contributed by atoms with Crippen LogP contribution in [0.5, 0.6) is 0 Å². The van der Waals surface area contributed by atoms with Gasteiger partial charge in [-0.2, -0.15) is 4.57 Å². The van der Waals surface area contributed by atoms with E-state index in [1.54, 1.807) is 29.1 Å². The molecule has 0 aliphatic carbocycles. The highest BCUT2D eigenvalue weighted by Crippen LogP contribution is 2.19. The number of hydrogen-bond acceptors (Lipinski definition) is 3. The van der Waals surface area contributed by atoms with E-state index in [0.29, 0.717) is 5.56 Å². The van der Waals surface area contributed by atoms with E-state index in [9.17, 15) is 9.59 Å². The van der Waals surface area contributed by atoms with Gasteiger partial charge in [0.05, 0.1) is 7.11 Å². The topological polar surface area (TPSA) is 59.3 Å². The summed E-state index contributed by atoms with van der Waals surface area (Å²) in [5.41, 5.74) is 2.13. The summed E-state index contributed by atoms with van der Waals surface area (Å²) in [5, 5.41) is 2.85. The Morgan fingerprint density at radius 1 is 1.32 bits per heavy atom. The summed E-state index contributed by atoms with van der Waals surface area (Å²) >= 11 is 3.38. The maximum atomic E-state index is 12.1. The third-order valence-electron chi connectivity index (χ3n) is 3.07. The van der Waals surface area contributed by atoms with Crippen molar-refractivity contribution in [1.82, 2.24) is 0 Å². The third kappa shape index (κ3) is 4.14. The van der Waals surface area contributed by atoms with Crippen molar-refractivity contribution < 1.29 is 18.9 Å². The summed E-state index contributed by atoms with van der Waals surface area (Å²) in [5.74, 6) is -0.601. The molecule has 114 valence electrons. The number of rotatable bonds is 4. The molecule has 0 aliphatic rings. The number of nitrogens with one attached hydrogen (secondary N) is 1. The minimum Gasteiger partial charge on any atom is -0.465 e. The van der Waals surface area contributed by atoms with Gasteiger partial charge in [-0.05, 0) is 36.8 Å². The second kappa shape index (κ2) is 7.17. The van der Waals surface area contributed by atoms with E-state index in [1.807, 2.05) is 25.1 Å². The number of ether oxygens (including phenoxy) is 1. The van der Waals surface area contributed by atoms with Gasteiger partial charge >= 0.3 is 5.97 Å². The molecule has 0 fully saturated rings. The first-order valence-electron chi connectivity index (χ1n) is 6.63. The zero-order valence-electron chi connectivity index (χ0n) is 12.3. The standard InChI is InChI=1S/C16H15BrN2O3/c1-11-8-13(17)5-6-14(11)18-15(20)10-19-7-3-4-12(9-19)16(21)22-2/h3-9H,10H2,1-2H3/p+1. The average molecular weight is 364 g/mol. The van der Waals surface area contributed by atoms with Gasteiger partial charge in [-0.3, -0.25) is 4.79 Å². The van der Waals surface area contributed by atoms with Crippen LogP contribution in [0.15, 0.2) is 47.2 Å². The normalized spacial score (nSPS) is 10.1. The van der Waals surface area contributed by atoms with E-state index in [1.165, 1.54) is 7.11 Å². The van der Waals surface area contributed by atoms with Crippen LogP contribution in [-0.4, -0.2) is 19.0 Å². The number of aryl methyl sites for hydroxylation is 1. The first-order chi connectivity index (χ1) is 10.5. The zero-order chi connectivity index (χ0) is 16.1. The molecule has 22 heavy (non-hydrogen) atoms. The Kier molecular flexibility index (Phi) is 5.27. The van der Waals surface area contributed by atoms with E-state index < -0.39 is 5.97 Å². The Hall–Kier alpha value is -2.21. The Balaban J connectivity index is 2.07. The SMILES string of the molecule is COC(=O)c1ccc[n+](CC(=O)Nc2ccc(Br)cc2C)c1. The molecule has 0 saturated heterocycles. The van der Waals surface area contributed by atoms with E-state index in [4.69, 9.17) is 0 Å². The predicted octanol–water partition coefficient (Wildman–Crippen LogP) is 2.47. The number of halogens is 1. The van der Waals surface area contributed by atoms with Crippen LogP contribution in [0, 0.1) is 6.92 Å². The summed E-state index contributed by atoms with van der Waals surface area (Å²) in [6, 6.07) is 8.98. The van der Waals surface area contributed by atoms with Gasteiger partial charge in [-0.1, -0.05) is 15.9 Å². The number of carbonyl (C=O) groups excluding carboxylic acids is 2. The maximum Gasteiger partial charge on any atom is 0.343 e. The van der Waals surface area contributed by atoms with Crippen LogP contribution in [0.2, 0.25) is 0 Å². The molecule has 1 aromatic carbocycles. The molecule has 6 heteroatoms. The van der Waals surface area contributed by atoms with Gasteiger partial charge in [0.1, 0.15) is 5.56 Å². The van der Waals surface area contributed by atoms with Crippen LogP contribution in [-0.2, 0) is 16.1 Å². The van der Waals surface area contributed by atoms with Crippen molar-refractivity contribution in [2.24, 2.45) is 0 Å². The number of aromatic nitrogens is 1. The molecule has 0 unspecified atom stereocenters. The van der Waals surface area contributed by atoms with Crippen LogP contribution in [0.4, 0.5) is 5.69 Å². The fraction of sp³-hybridized carbons (Fsp3) is 0.188. The van der Waals surface area contributed by atoms with Crippen molar-refractivity contribution in [1.29, 1.82) is 0 Å². The van der Waals surface area contributed by atoms with Crippen molar-refractivity contribution in [3.05, 3.63) is 58.3 Å². The van der Waals surface area contributed by atoms with Gasteiger partial charge in [0, 0.05) is 16.2 Å². The maximum absolute atomic E-state index is 12.1. The molecule has 2 aromatic rings. The lowest BCUT2D eigenvalue weighted by atomic mass is 10.2. The van der Waals surface area contributed by atoms with Crippen molar-refractivity contribution >= 4 is 33.5 Å². The highest BCUT2D eigenvalue weighted by molar-refractivity contribution is 9.10.